The highest BCUT2D eigenvalue weighted by molar-refractivity contribution is 5.71. The van der Waals surface area contributed by atoms with E-state index in [2.05, 4.69) is 118 Å². The van der Waals surface area contributed by atoms with Gasteiger partial charge in [0.1, 0.15) is 13.2 Å². The topological polar surface area (TPSA) is 78.9 Å². The van der Waals surface area contributed by atoms with Crippen molar-refractivity contribution >= 4 is 17.9 Å². The fourth-order valence-electron chi connectivity index (χ4n) is 8.83. The minimum Gasteiger partial charge on any atom is -0.462 e. The van der Waals surface area contributed by atoms with Crippen LogP contribution in [0.1, 0.15) is 303 Å². The maximum Gasteiger partial charge on any atom is 0.306 e. The maximum absolute atomic E-state index is 12.9. The Balaban J connectivity index is 4.37. The molecule has 0 rings (SSSR count). The first-order chi connectivity index (χ1) is 37.0. The van der Waals surface area contributed by atoms with Crippen molar-refractivity contribution in [3.8, 4) is 0 Å². The second-order valence-electron chi connectivity index (χ2n) is 20.9. The summed E-state index contributed by atoms with van der Waals surface area (Å²) in [6, 6.07) is 0. The first-order valence-corrected chi connectivity index (χ1v) is 31.7. The van der Waals surface area contributed by atoms with Crippen molar-refractivity contribution in [2.45, 2.75) is 309 Å². The molecule has 430 valence electrons. The number of carbonyl (C=O) groups excluding carboxylic acids is 3. The second-order valence-corrected chi connectivity index (χ2v) is 20.9. The molecule has 0 aromatic carbocycles. The molecule has 75 heavy (non-hydrogen) atoms. The quantitative estimate of drug-likeness (QED) is 0.0261. The number of allylic oxidation sites excluding steroid dienone is 16. The van der Waals surface area contributed by atoms with Gasteiger partial charge in [-0.3, -0.25) is 14.4 Å². The number of unbranched alkanes of at least 4 members (excludes halogenated alkanes) is 30. The highest BCUT2D eigenvalue weighted by Crippen LogP contribution is 2.16. The zero-order chi connectivity index (χ0) is 54.3. The zero-order valence-electron chi connectivity index (χ0n) is 49.3. The van der Waals surface area contributed by atoms with Crippen molar-refractivity contribution in [3.63, 3.8) is 0 Å². The van der Waals surface area contributed by atoms with Gasteiger partial charge in [0.15, 0.2) is 6.10 Å². The smallest absolute Gasteiger partial charge is 0.306 e. The van der Waals surface area contributed by atoms with E-state index in [-0.39, 0.29) is 31.1 Å². The Morgan fingerprint density at radius 2 is 0.520 bits per heavy atom. The first kappa shape index (κ1) is 71.3. The molecule has 0 aliphatic rings. The molecule has 0 N–H and O–H groups in total. The zero-order valence-corrected chi connectivity index (χ0v) is 49.3. The minimum absolute atomic E-state index is 0.0869. The van der Waals surface area contributed by atoms with Crippen molar-refractivity contribution in [3.05, 3.63) is 97.2 Å². The van der Waals surface area contributed by atoms with Crippen LogP contribution in [0.4, 0.5) is 0 Å². The molecule has 0 heterocycles. The molecule has 6 heteroatoms. The van der Waals surface area contributed by atoms with E-state index >= 15 is 0 Å². The summed E-state index contributed by atoms with van der Waals surface area (Å²) in [5.41, 5.74) is 0. The Kier molecular flexibility index (Phi) is 59.8. The molecule has 0 aromatic heterocycles. The molecule has 0 saturated heterocycles. The van der Waals surface area contributed by atoms with Crippen LogP contribution in [-0.2, 0) is 28.6 Å². The molecule has 0 amide bonds. The second kappa shape index (κ2) is 62.9. The summed E-state index contributed by atoms with van der Waals surface area (Å²) in [6.07, 6.45) is 84.1. The van der Waals surface area contributed by atoms with Crippen LogP contribution < -0.4 is 0 Å². The van der Waals surface area contributed by atoms with Crippen LogP contribution in [0.25, 0.3) is 0 Å². The van der Waals surface area contributed by atoms with Crippen molar-refractivity contribution in [2.24, 2.45) is 0 Å². The first-order valence-electron chi connectivity index (χ1n) is 31.7. The lowest BCUT2D eigenvalue weighted by molar-refractivity contribution is -0.167. The summed E-state index contributed by atoms with van der Waals surface area (Å²) in [7, 11) is 0. The monoisotopic (exact) mass is 1040 g/mol. The number of hydrogen-bond acceptors (Lipinski definition) is 6. The average molecular weight is 1040 g/mol. The normalized spacial score (nSPS) is 12.7. The summed E-state index contributed by atoms with van der Waals surface area (Å²) in [5, 5.41) is 0. The van der Waals surface area contributed by atoms with E-state index < -0.39 is 6.10 Å². The molecule has 6 nitrogen and oxygen atoms in total. The van der Waals surface area contributed by atoms with Gasteiger partial charge < -0.3 is 14.2 Å². The molecule has 0 aliphatic carbocycles. The van der Waals surface area contributed by atoms with Crippen LogP contribution in [0.5, 0.6) is 0 Å². The Labute approximate surface area is 464 Å². The van der Waals surface area contributed by atoms with Gasteiger partial charge in [-0.05, 0) is 103 Å². The van der Waals surface area contributed by atoms with E-state index in [1.54, 1.807) is 0 Å². The Bertz CT molecular complexity index is 1480. The lowest BCUT2D eigenvalue weighted by Crippen LogP contribution is -2.30. The maximum atomic E-state index is 12.9. The summed E-state index contributed by atoms with van der Waals surface area (Å²) < 4.78 is 16.9. The van der Waals surface area contributed by atoms with Gasteiger partial charge in [-0.1, -0.05) is 279 Å². The van der Waals surface area contributed by atoms with Crippen molar-refractivity contribution in [2.75, 3.05) is 13.2 Å². The van der Waals surface area contributed by atoms with E-state index in [1.165, 1.54) is 154 Å². The van der Waals surface area contributed by atoms with Crippen LogP contribution >= 0.6 is 0 Å². The van der Waals surface area contributed by atoms with Crippen molar-refractivity contribution in [1.82, 2.24) is 0 Å². The lowest BCUT2D eigenvalue weighted by atomic mass is 10.1. The summed E-state index contributed by atoms with van der Waals surface area (Å²) in [4.78, 5) is 38.2. The van der Waals surface area contributed by atoms with Gasteiger partial charge in [0.05, 0.1) is 0 Å². The average Bonchev–Trinajstić information content (AvgIpc) is 3.41. The van der Waals surface area contributed by atoms with Crippen LogP contribution in [0.3, 0.4) is 0 Å². The van der Waals surface area contributed by atoms with E-state index in [0.717, 1.165) is 109 Å². The third-order valence-electron chi connectivity index (χ3n) is 13.6. The molecule has 0 aromatic rings. The highest BCUT2D eigenvalue weighted by atomic mass is 16.6. The molecule has 0 fully saturated rings. The fraction of sp³-hybridized carbons (Fsp3) is 0.725. The Hall–Kier alpha value is -3.67. The number of carbonyl (C=O) groups is 3. The van der Waals surface area contributed by atoms with Gasteiger partial charge >= 0.3 is 17.9 Å². The van der Waals surface area contributed by atoms with Gasteiger partial charge in [0, 0.05) is 19.3 Å². The number of hydrogen-bond donors (Lipinski definition) is 0. The van der Waals surface area contributed by atoms with Gasteiger partial charge in [0.25, 0.3) is 0 Å². The van der Waals surface area contributed by atoms with Gasteiger partial charge in [-0.15, -0.1) is 0 Å². The van der Waals surface area contributed by atoms with E-state index in [4.69, 9.17) is 14.2 Å². The molecular weight excluding hydrogens is 925 g/mol. The molecule has 0 radical (unpaired) electrons. The molecule has 0 bridgehead atoms. The number of rotatable bonds is 57. The summed E-state index contributed by atoms with van der Waals surface area (Å²) in [6.45, 7) is 6.51. The van der Waals surface area contributed by atoms with Crippen molar-refractivity contribution in [1.29, 1.82) is 0 Å². The van der Waals surface area contributed by atoms with Gasteiger partial charge in [-0.2, -0.15) is 0 Å². The van der Waals surface area contributed by atoms with E-state index in [9.17, 15) is 14.4 Å². The number of ether oxygens (including phenoxy) is 3. The predicted octanol–water partition coefficient (Wildman–Crippen LogP) is 21.7. The SMILES string of the molecule is CC/C=C\C/C=C\C/C=C\C/C=C\C/C=C\C/C=C\C/C=C\CCCCCC(=O)OCC(COC(=O)CCCCCCCCCCCCC)OC(=O)CCCCCCCCCCC/C=C\CCCCCCCCCC. The van der Waals surface area contributed by atoms with E-state index in [1.807, 2.05) is 0 Å². The third-order valence-corrected chi connectivity index (χ3v) is 13.6. The standard InChI is InChI=1S/C69H118O6/c1-4-7-10-13-16-19-22-24-26-28-30-32-33-34-35-37-38-40-42-44-47-50-53-56-59-62-68(71)74-65-66(64-73-67(70)61-58-55-52-49-46-21-18-15-12-9-6-3)75-69(72)63-60-57-54-51-48-45-43-41-39-36-31-29-27-25-23-20-17-14-11-8-5-2/h7,10,16,19,24,26,29-32,34-35,38,40,44,47,66H,4-6,8-9,11-15,17-18,20-23,25,27-28,33,36-37,39,41-43,45-46,48-65H2,1-3H3/b10-7-,19-16-,26-24-,31-29-,32-30-,35-34-,40-38-,47-44-. The Morgan fingerprint density at radius 1 is 0.280 bits per heavy atom. The Morgan fingerprint density at radius 3 is 0.840 bits per heavy atom. The largest absolute Gasteiger partial charge is 0.462 e. The fourth-order valence-corrected chi connectivity index (χ4v) is 8.83. The van der Waals surface area contributed by atoms with Gasteiger partial charge in [-0.25, -0.2) is 0 Å². The molecule has 0 aliphatic heterocycles. The van der Waals surface area contributed by atoms with Crippen molar-refractivity contribution < 1.29 is 28.6 Å². The minimum atomic E-state index is -0.792. The molecule has 1 unspecified atom stereocenters. The molecule has 0 saturated carbocycles. The van der Waals surface area contributed by atoms with Crippen LogP contribution in [-0.4, -0.2) is 37.2 Å². The van der Waals surface area contributed by atoms with E-state index in [0.29, 0.717) is 19.3 Å². The summed E-state index contributed by atoms with van der Waals surface area (Å²) >= 11 is 0. The molecular formula is C69H118O6. The summed E-state index contributed by atoms with van der Waals surface area (Å²) in [5.74, 6) is -0.915. The lowest BCUT2D eigenvalue weighted by Gasteiger charge is -2.18. The van der Waals surface area contributed by atoms with Crippen LogP contribution in [0.2, 0.25) is 0 Å². The molecule has 0 spiro atoms. The predicted molar refractivity (Wildman–Crippen MR) is 325 cm³/mol. The highest BCUT2D eigenvalue weighted by Gasteiger charge is 2.19. The van der Waals surface area contributed by atoms with Crippen LogP contribution in [0.15, 0.2) is 97.2 Å². The molecule has 1 atom stereocenters. The number of esters is 3. The third kappa shape index (κ3) is 61.1. The van der Waals surface area contributed by atoms with Gasteiger partial charge in [0.2, 0.25) is 0 Å². The van der Waals surface area contributed by atoms with Crippen LogP contribution in [0, 0.1) is 0 Å².